The van der Waals surface area contributed by atoms with Crippen molar-refractivity contribution in [3.8, 4) is 17.1 Å². The van der Waals surface area contributed by atoms with Gasteiger partial charge in [-0.1, -0.05) is 24.8 Å². The van der Waals surface area contributed by atoms with Crippen molar-refractivity contribution in [2.75, 3.05) is 27.2 Å². The van der Waals surface area contributed by atoms with Crippen LogP contribution in [-0.4, -0.2) is 58.0 Å². The van der Waals surface area contributed by atoms with Gasteiger partial charge in [0.25, 0.3) is 5.91 Å². The zero-order valence-electron chi connectivity index (χ0n) is 19.6. The molecule has 0 aliphatic rings. The third kappa shape index (κ3) is 7.61. The lowest BCUT2D eigenvalue weighted by Gasteiger charge is -2.15. The fraction of sp³-hybridized carbons (Fsp3) is 0.231. The molecule has 3 aromatic rings. The van der Waals surface area contributed by atoms with Gasteiger partial charge in [-0.15, -0.1) is 0 Å². The normalized spacial score (nSPS) is 11.1. The van der Waals surface area contributed by atoms with Crippen molar-refractivity contribution in [2.24, 2.45) is 5.84 Å². The van der Waals surface area contributed by atoms with Gasteiger partial charge in [-0.25, -0.2) is 15.8 Å². The fourth-order valence-corrected chi connectivity index (χ4v) is 3.12. The van der Waals surface area contributed by atoms with Crippen LogP contribution in [0.3, 0.4) is 0 Å². The zero-order chi connectivity index (χ0) is 24.3. The number of allylic oxidation sites excluding steroid dienone is 2. The second kappa shape index (κ2) is 12.4. The maximum absolute atomic E-state index is 12.4. The number of rotatable bonds is 11. The Hall–Kier alpha value is -3.88. The lowest BCUT2D eigenvalue weighted by molar-refractivity contribution is -0.126. The molecule has 0 aliphatic heterocycles. The number of nitrogens with two attached hydrogens (primary N) is 1. The van der Waals surface area contributed by atoms with E-state index >= 15 is 0 Å². The highest BCUT2D eigenvalue weighted by atomic mass is 16.5. The Morgan fingerprint density at radius 1 is 1.12 bits per heavy atom. The molecule has 0 aliphatic carbocycles. The lowest BCUT2D eigenvalue weighted by Crippen LogP contribution is -2.35. The van der Waals surface area contributed by atoms with E-state index in [4.69, 9.17) is 10.6 Å². The molecule has 8 nitrogen and oxygen atoms in total. The number of nitrogens with zero attached hydrogens (tertiary/aromatic N) is 5. The van der Waals surface area contributed by atoms with Crippen LogP contribution in [0.25, 0.3) is 17.0 Å². The number of hydrogen-bond donors (Lipinski definition) is 1. The molecular weight excluding hydrogens is 428 g/mol. The van der Waals surface area contributed by atoms with Gasteiger partial charge in [-0.3, -0.25) is 14.8 Å². The summed E-state index contributed by atoms with van der Waals surface area (Å²) in [6.45, 7) is 5.78. The number of hydrazine groups is 1. The molecule has 176 valence electrons. The van der Waals surface area contributed by atoms with E-state index in [1.165, 1.54) is 6.08 Å². The largest absolute Gasteiger partial charge is 0.490 e. The number of ether oxygens (including phenoxy) is 1. The van der Waals surface area contributed by atoms with Crippen LogP contribution in [0.5, 0.6) is 5.75 Å². The number of hydrogen-bond acceptors (Lipinski definition) is 7. The molecule has 0 saturated carbocycles. The minimum Gasteiger partial charge on any atom is -0.490 e. The number of aromatic nitrogens is 3. The topological polar surface area (TPSA) is 97.5 Å². The molecule has 2 heterocycles. The van der Waals surface area contributed by atoms with Gasteiger partial charge in [-0.2, -0.15) is 0 Å². The quantitative estimate of drug-likeness (QED) is 0.118. The fourth-order valence-electron chi connectivity index (χ4n) is 3.12. The highest BCUT2D eigenvalue weighted by molar-refractivity contribution is 5.90. The Balaban J connectivity index is 1.56. The summed E-state index contributed by atoms with van der Waals surface area (Å²) in [5, 5.41) is 1.15. The van der Waals surface area contributed by atoms with E-state index < -0.39 is 0 Å². The number of carbonyl (C=O) groups is 1. The lowest BCUT2D eigenvalue weighted by atomic mass is 10.1. The van der Waals surface area contributed by atoms with E-state index in [9.17, 15) is 4.79 Å². The second-order valence-electron chi connectivity index (χ2n) is 8.01. The summed E-state index contributed by atoms with van der Waals surface area (Å²) < 4.78 is 5.69. The monoisotopic (exact) mass is 458 g/mol. The second-order valence-corrected chi connectivity index (χ2v) is 8.01. The molecule has 0 bridgehead atoms. The number of pyridine rings is 1. The van der Waals surface area contributed by atoms with Gasteiger partial charge in [0.15, 0.2) is 11.6 Å². The van der Waals surface area contributed by atoms with Crippen molar-refractivity contribution in [3.63, 3.8) is 0 Å². The highest BCUT2D eigenvalue weighted by Crippen LogP contribution is 2.19. The molecule has 1 aromatic carbocycles. The third-order valence-electron chi connectivity index (χ3n) is 4.95. The Kier molecular flexibility index (Phi) is 9.02. The van der Waals surface area contributed by atoms with E-state index in [0.717, 1.165) is 34.7 Å². The van der Waals surface area contributed by atoms with Gasteiger partial charge < -0.3 is 9.64 Å². The van der Waals surface area contributed by atoms with E-state index in [1.54, 1.807) is 30.9 Å². The van der Waals surface area contributed by atoms with Crippen molar-refractivity contribution in [1.82, 2.24) is 24.9 Å². The number of amides is 1. The van der Waals surface area contributed by atoms with Crippen molar-refractivity contribution < 1.29 is 9.53 Å². The van der Waals surface area contributed by atoms with E-state index in [1.807, 2.05) is 50.5 Å². The van der Waals surface area contributed by atoms with Gasteiger partial charge in [0.2, 0.25) is 0 Å². The maximum atomic E-state index is 12.4. The molecule has 3 rings (SSSR count). The summed E-state index contributed by atoms with van der Waals surface area (Å²) >= 11 is 0. The molecule has 34 heavy (non-hydrogen) atoms. The Morgan fingerprint density at radius 2 is 1.85 bits per heavy atom. The first-order valence-electron chi connectivity index (χ1n) is 10.9. The van der Waals surface area contributed by atoms with Crippen molar-refractivity contribution in [2.45, 2.75) is 13.0 Å². The summed E-state index contributed by atoms with van der Waals surface area (Å²) in [7, 11) is 4.06. The summed E-state index contributed by atoms with van der Waals surface area (Å²) in [5.74, 6) is 6.89. The molecule has 8 heteroatoms. The Bertz CT molecular complexity index is 1110. The zero-order valence-corrected chi connectivity index (χ0v) is 19.6. The highest BCUT2D eigenvalue weighted by Gasteiger charge is 2.09. The first-order chi connectivity index (χ1) is 16.4. The summed E-state index contributed by atoms with van der Waals surface area (Å²) in [4.78, 5) is 27.4. The molecule has 0 spiro atoms. The molecule has 0 atom stereocenters. The molecule has 2 aromatic heterocycles. The van der Waals surface area contributed by atoms with Crippen LogP contribution in [-0.2, 0) is 11.3 Å². The van der Waals surface area contributed by atoms with Crippen LogP contribution in [0.15, 0.2) is 79.9 Å². The van der Waals surface area contributed by atoms with Gasteiger partial charge >= 0.3 is 0 Å². The van der Waals surface area contributed by atoms with Crippen molar-refractivity contribution in [3.05, 3.63) is 91.0 Å². The molecule has 1 amide bonds. The molecular formula is C26H30N6O2. The molecule has 0 fully saturated rings. The van der Waals surface area contributed by atoms with Crippen LogP contribution in [0.1, 0.15) is 17.5 Å². The standard InChI is InChI=1S/C26H30N6O2/c1-20(22-10-12-28-13-11-22)8-9-25(33)32(27)19-21-6-4-7-23(16-21)26-29-17-24(18-30-26)34-15-5-14-31(2)3/h4,6-13,16-18H,1,5,14-15,19,27H2,2-3H3/b9-8-. The van der Waals surface area contributed by atoms with Gasteiger partial charge in [0.05, 0.1) is 25.5 Å². The van der Waals surface area contributed by atoms with Crippen molar-refractivity contribution in [1.29, 1.82) is 0 Å². The van der Waals surface area contributed by atoms with Crippen LogP contribution in [0, 0.1) is 0 Å². The predicted molar refractivity (Wildman–Crippen MR) is 133 cm³/mol. The maximum Gasteiger partial charge on any atom is 0.260 e. The Morgan fingerprint density at radius 3 is 2.56 bits per heavy atom. The summed E-state index contributed by atoms with van der Waals surface area (Å²) in [6, 6.07) is 11.3. The van der Waals surface area contributed by atoms with Gasteiger partial charge in [-0.05, 0) is 61.5 Å². The van der Waals surface area contributed by atoms with E-state index in [-0.39, 0.29) is 12.5 Å². The van der Waals surface area contributed by atoms with Crippen molar-refractivity contribution >= 4 is 11.5 Å². The van der Waals surface area contributed by atoms with Gasteiger partial charge in [0.1, 0.15) is 0 Å². The van der Waals surface area contributed by atoms with E-state index in [0.29, 0.717) is 23.8 Å². The van der Waals surface area contributed by atoms with E-state index in [2.05, 4.69) is 26.4 Å². The van der Waals surface area contributed by atoms with Crippen LogP contribution < -0.4 is 10.6 Å². The molecule has 2 N–H and O–H groups in total. The average Bonchev–Trinajstić information content (AvgIpc) is 2.86. The summed E-state index contributed by atoms with van der Waals surface area (Å²) in [6.07, 6.45) is 10.7. The van der Waals surface area contributed by atoms with Gasteiger partial charge in [0, 0.05) is 30.6 Å². The molecule has 0 saturated heterocycles. The Labute approximate surface area is 200 Å². The average molecular weight is 459 g/mol. The first kappa shape index (κ1) is 24.8. The minimum atomic E-state index is -0.326. The smallest absolute Gasteiger partial charge is 0.260 e. The summed E-state index contributed by atoms with van der Waals surface area (Å²) in [5.41, 5.74) is 3.29. The third-order valence-corrected chi connectivity index (χ3v) is 4.95. The number of carbonyl (C=O) groups excluding carboxylic acids is 1. The molecule has 0 radical (unpaired) electrons. The predicted octanol–water partition coefficient (Wildman–Crippen LogP) is 3.34. The van der Waals surface area contributed by atoms with Crippen LogP contribution in [0.2, 0.25) is 0 Å². The first-order valence-corrected chi connectivity index (χ1v) is 10.9. The molecule has 0 unspecified atom stereocenters. The van der Waals surface area contributed by atoms with Crippen LogP contribution >= 0.6 is 0 Å². The minimum absolute atomic E-state index is 0.242. The number of benzene rings is 1. The SMILES string of the molecule is C=C(/C=C\C(=O)N(N)Cc1cccc(-c2ncc(OCCCN(C)C)cn2)c1)c1ccncc1. The van der Waals surface area contributed by atoms with Crippen LogP contribution in [0.4, 0.5) is 0 Å².